The highest BCUT2D eigenvalue weighted by molar-refractivity contribution is 5.79. The third-order valence-corrected chi connectivity index (χ3v) is 3.82. The van der Waals surface area contributed by atoms with Crippen molar-refractivity contribution in [3.8, 4) is 0 Å². The zero-order chi connectivity index (χ0) is 18.1. The molecule has 0 saturated carbocycles. The van der Waals surface area contributed by atoms with E-state index in [4.69, 9.17) is 4.74 Å². The molecule has 4 nitrogen and oxygen atoms in total. The Morgan fingerprint density at radius 3 is 2.16 bits per heavy atom. The van der Waals surface area contributed by atoms with Crippen molar-refractivity contribution in [3.05, 3.63) is 71.3 Å². The van der Waals surface area contributed by atoms with Gasteiger partial charge in [0.25, 0.3) is 0 Å². The van der Waals surface area contributed by atoms with Crippen LogP contribution < -0.4 is 10.6 Å². The van der Waals surface area contributed by atoms with Crippen LogP contribution in [-0.2, 0) is 11.2 Å². The number of nitrogens with one attached hydrogen (secondary N) is 2. The van der Waals surface area contributed by atoms with E-state index in [1.165, 1.54) is 24.3 Å². The number of guanidine groups is 1. The molecule has 2 aromatic carbocycles. The monoisotopic (exact) mass is 347 g/mol. The molecule has 0 aliphatic rings. The number of aliphatic imine (C=N–C) groups is 1. The fourth-order valence-corrected chi connectivity index (χ4v) is 2.40. The van der Waals surface area contributed by atoms with Gasteiger partial charge in [-0.05, 0) is 41.8 Å². The average Bonchev–Trinajstić information content (AvgIpc) is 2.63. The zero-order valence-electron chi connectivity index (χ0n) is 14.4. The summed E-state index contributed by atoms with van der Waals surface area (Å²) in [6.07, 6.45) is 0.545. The van der Waals surface area contributed by atoms with Crippen LogP contribution in [0, 0.1) is 11.6 Å². The second kappa shape index (κ2) is 9.74. The maximum absolute atomic E-state index is 13.0. The van der Waals surface area contributed by atoms with Crippen molar-refractivity contribution in [2.24, 2.45) is 4.99 Å². The molecule has 0 amide bonds. The molecule has 134 valence electrons. The third kappa shape index (κ3) is 6.15. The number of benzene rings is 2. The minimum atomic E-state index is -0.273. The Hall–Kier alpha value is -2.47. The summed E-state index contributed by atoms with van der Waals surface area (Å²) in [6, 6.07) is 12.7. The summed E-state index contributed by atoms with van der Waals surface area (Å²) in [6.45, 7) is 1.16. The van der Waals surface area contributed by atoms with Gasteiger partial charge in [-0.25, -0.2) is 8.78 Å². The van der Waals surface area contributed by atoms with Crippen molar-refractivity contribution < 1.29 is 13.5 Å². The Bertz CT molecular complexity index is 672. The van der Waals surface area contributed by atoms with Crippen molar-refractivity contribution in [2.45, 2.75) is 12.5 Å². The second-order valence-electron chi connectivity index (χ2n) is 5.53. The number of rotatable bonds is 7. The molecule has 0 spiro atoms. The Morgan fingerprint density at radius 2 is 1.60 bits per heavy atom. The molecule has 2 N–H and O–H groups in total. The first-order valence-electron chi connectivity index (χ1n) is 8.09. The average molecular weight is 347 g/mol. The molecule has 2 rings (SSSR count). The van der Waals surface area contributed by atoms with Gasteiger partial charge in [-0.1, -0.05) is 24.3 Å². The first-order chi connectivity index (χ1) is 12.1. The van der Waals surface area contributed by atoms with Gasteiger partial charge in [0.15, 0.2) is 5.96 Å². The lowest BCUT2D eigenvalue weighted by molar-refractivity contribution is 0.106. The van der Waals surface area contributed by atoms with Gasteiger partial charge in [0.2, 0.25) is 0 Å². The molecule has 0 aliphatic carbocycles. The van der Waals surface area contributed by atoms with Crippen LogP contribution in [0.4, 0.5) is 8.78 Å². The molecule has 25 heavy (non-hydrogen) atoms. The molecular weight excluding hydrogens is 324 g/mol. The van der Waals surface area contributed by atoms with Crippen LogP contribution in [0.1, 0.15) is 17.2 Å². The van der Waals surface area contributed by atoms with E-state index in [1.54, 1.807) is 38.4 Å². The van der Waals surface area contributed by atoms with Crippen LogP contribution in [-0.4, -0.2) is 33.2 Å². The van der Waals surface area contributed by atoms with E-state index in [1.807, 2.05) is 0 Å². The maximum atomic E-state index is 13.0. The minimum absolute atomic E-state index is 0.212. The summed E-state index contributed by atoms with van der Waals surface area (Å²) in [5, 5.41) is 6.39. The highest BCUT2D eigenvalue weighted by Gasteiger charge is 2.11. The van der Waals surface area contributed by atoms with Crippen molar-refractivity contribution in [1.82, 2.24) is 10.6 Å². The largest absolute Gasteiger partial charge is 0.375 e. The topological polar surface area (TPSA) is 45.7 Å². The van der Waals surface area contributed by atoms with E-state index in [2.05, 4.69) is 15.6 Å². The summed E-state index contributed by atoms with van der Waals surface area (Å²) < 4.78 is 31.4. The highest BCUT2D eigenvalue weighted by atomic mass is 19.1. The van der Waals surface area contributed by atoms with Gasteiger partial charge in [-0.2, -0.15) is 0 Å². The molecule has 0 bridgehead atoms. The number of halogens is 2. The predicted octanol–water partition coefficient (Wildman–Crippen LogP) is 3.06. The molecule has 0 saturated heterocycles. The smallest absolute Gasteiger partial charge is 0.191 e. The molecule has 2 aromatic rings. The van der Waals surface area contributed by atoms with E-state index in [0.29, 0.717) is 19.0 Å². The van der Waals surface area contributed by atoms with Gasteiger partial charge in [-0.15, -0.1) is 0 Å². The van der Waals surface area contributed by atoms with Gasteiger partial charge >= 0.3 is 0 Å². The lowest BCUT2D eigenvalue weighted by atomic mass is 10.1. The Kier molecular flexibility index (Phi) is 7.35. The molecule has 0 fully saturated rings. The Labute approximate surface area is 146 Å². The summed E-state index contributed by atoms with van der Waals surface area (Å²) >= 11 is 0. The van der Waals surface area contributed by atoms with Crippen molar-refractivity contribution in [2.75, 3.05) is 27.2 Å². The molecule has 0 radical (unpaired) electrons. The van der Waals surface area contributed by atoms with Gasteiger partial charge in [-0.3, -0.25) is 4.99 Å². The van der Waals surface area contributed by atoms with Crippen molar-refractivity contribution >= 4 is 5.96 Å². The fraction of sp³-hybridized carbons (Fsp3) is 0.316. The predicted molar refractivity (Wildman–Crippen MR) is 95.6 cm³/mol. The molecule has 6 heteroatoms. The van der Waals surface area contributed by atoms with E-state index in [-0.39, 0.29) is 17.7 Å². The normalized spacial score (nSPS) is 12.7. The molecular formula is C19H23F2N3O. The number of hydrogen-bond acceptors (Lipinski definition) is 2. The van der Waals surface area contributed by atoms with Crippen LogP contribution in [0.15, 0.2) is 53.5 Å². The highest BCUT2D eigenvalue weighted by Crippen LogP contribution is 2.16. The number of hydrogen-bond donors (Lipinski definition) is 2. The summed E-state index contributed by atoms with van der Waals surface area (Å²) in [4.78, 5) is 4.17. The van der Waals surface area contributed by atoms with E-state index in [0.717, 1.165) is 17.5 Å². The van der Waals surface area contributed by atoms with E-state index < -0.39 is 0 Å². The van der Waals surface area contributed by atoms with Gasteiger partial charge in [0, 0.05) is 27.2 Å². The van der Waals surface area contributed by atoms with Crippen LogP contribution in [0.2, 0.25) is 0 Å². The SMILES string of the molecule is CN=C(NCCc1ccc(F)cc1)NCC(OC)c1ccc(F)cc1. The van der Waals surface area contributed by atoms with E-state index in [9.17, 15) is 8.78 Å². The first-order valence-corrected chi connectivity index (χ1v) is 8.09. The van der Waals surface area contributed by atoms with Gasteiger partial charge in [0.05, 0.1) is 6.10 Å². The number of ether oxygens (including phenoxy) is 1. The summed E-state index contributed by atoms with van der Waals surface area (Å²) in [7, 11) is 3.30. The maximum Gasteiger partial charge on any atom is 0.191 e. The minimum Gasteiger partial charge on any atom is -0.375 e. The van der Waals surface area contributed by atoms with Crippen LogP contribution in [0.3, 0.4) is 0 Å². The summed E-state index contributed by atoms with van der Waals surface area (Å²) in [5.41, 5.74) is 1.93. The Balaban J connectivity index is 1.80. The molecule has 0 heterocycles. The fourth-order valence-electron chi connectivity index (χ4n) is 2.40. The molecule has 0 aliphatic heterocycles. The molecule has 1 atom stereocenters. The lowest BCUT2D eigenvalue weighted by Gasteiger charge is -2.18. The van der Waals surface area contributed by atoms with Crippen LogP contribution >= 0.6 is 0 Å². The summed E-state index contributed by atoms with van der Waals surface area (Å²) in [5.74, 6) is 0.136. The van der Waals surface area contributed by atoms with Gasteiger partial charge < -0.3 is 15.4 Å². The first kappa shape index (κ1) is 18.9. The Morgan fingerprint density at radius 1 is 1.00 bits per heavy atom. The molecule has 0 aromatic heterocycles. The number of methoxy groups -OCH3 is 1. The quantitative estimate of drug-likeness (QED) is 0.598. The zero-order valence-corrected chi connectivity index (χ0v) is 14.4. The standard InChI is InChI=1S/C19H23F2N3O/c1-22-19(23-12-11-14-3-7-16(20)8-4-14)24-13-18(25-2)15-5-9-17(21)10-6-15/h3-10,18H,11-13H2,1-2H3,(H2,22,23,24). The van der Waals surface area contributed by atoms with E-state index >= 15 is 0 Å². The number of nitrogens with zero attached hydrogens (tertiary/aromatic N) is 1. The second-order valence-corrected chi connectivity index (χ2v) is 5.53. The third-order valence-electron chi connectivity index (χ3n) is 3.82. The van der Waals surface area contributed by atoms with Crippen LogP contribution in [0.5, 0.6) is 0 Å². The van der Waals surface area contributed by atoms with Crippen molar-refractivity contribution in [3.63, 3.8) is 0 Å². The lowest BCUT2D eigenvalue weighted by Crippen LogP contribution is -2.40. The van der Waals surface area contributed by atoms with Gasteiger partial charge in [0.1, 0.15) is 11.6 Å². The van der Waals surface area contributed by atoms with Crippen LogP contribution in [0.25, 0.3) is 0 Å². The van der Waals surface area contributed by atoms with Crippen molar-refractivity contribution in [1.29, 1.82) is 0 Å². The molecule has 1 unspecified atom stereocenters.